The van der Waals surface area contributed by atoms with Crippen molar-refractivity contribution in [3.8, 4) is 11.5 Å². The maximum atomic E-state index is 12.8. The third kappa shape index (κ3) is 3.43. The number of aryl methyl sites for hydroxylation is 2. The molecule has 0 aliphatic heterocycles. The van der Waals surface area contributed by atoms with Gasteiger partial charge in [-0.2, -0.15) is 0 Å². The van der Waals surface area contributed by atoms with Crippen LogP contribution < -0.4 is 5.32 Å². The molecule has 0 fully saturated rings. The quantitative estimate of drug-likeness (QED) is 0.484. The number of carbonyl (C=O) groups is 1. The molecule has 0 atom stereocenters. The molecule has 5 heteroatoms. The predicted molar refractivity (Wildman–Crippen MR) is 111 cm³/mol. The number of fused-ring (bicyclic) bond motifs is 1. The first-order valence-corrected chi connectivity index (χ1v) is 9.65. The minimum Gasteiger partial charge on any atom is -0.440 e. The third-order valence-corrected chi connectivity index (χ3v) is 4.75. The molecule has 4 rings (SSSR count). The molecule has 2 aromatic carbocycles. The zero-order chi connectivity index (χ0) is 19.5. The molecule has 5 nitrogen and oxygen atoms in total. The van der Waals surface area contributed by atoms with E-state index in [0.717, 1.165) is 29.6 Å². The second-order valence-electron chi connectivity index (χ2n) is 6.75. The standard InChI is InChI=1S/C23H23N3O2/c1-3-13-26-14-12-17-15-18(10-11-19(17)26)24-22(27)21-20(4-2)28-23(25-21)16-8-6-5-7-9-16/h5-12,14-15H,3-4,13H2,1-2H3,(H,24,27). The molecule has 0 aliphatic rings. The Morgan fingerprint density at radius 3 is 2.68 bits per heavy atom. The second-order valence-corrected chi connectivity index (χ2v) is 6.75. The first kappa shape index (κ1) is 18.0. The van der Waals surface area contributed by atoms with E-state index < -0.39 is 0 Å². The topological polar surface area (TPSA) is 60.1 Å². The van der Waals surface area contributed by atoms with Crippen LogP contribution in [0.4, 0.5) is 5.69 Å². The smallest absolute Gasteiger partial charge is 0.277 e. The van der Waals surface area contributed by atoms with Gasteiger partial charge in [0, 0.05) is 41.3 Å². The van der Waals surface area contributed by atoms with Crippen LogP contribution in [0.2, 0.25) is 0 Å². The molecular formula is C23H23N3O2. The Morgan fingerprint density at radius 1 is 1.11 bits per heavy atom. The Labute approximate surface area is 164 Å². The van der Waals surface area contributed by atoms with Gasteiger partial charge in [-0.15, -0.1) is 0 Å². The van der Waals surface area contributed by atoms with Crippen LogP contribution in [0.1, 0.15) is 36.5 Å². The Morgan fingerprint density at radius 2 is 1.93 bits per heavy atom. The van der Waals surface area contributed by atoms with E-state index in [0.29, 0.717) is 23.8 Å². The molecule has 2 heterocycles. The molecule has 4 aromatic rings. The number of hydrogen-bond acceptors (Lipinski definition) is 3. The summed E-state index contributed by atoms with van der Waals surface area (Å²) < 4.78 is 8.06. The lowest BCUT2D eigenvalue weighted by Crippen LogP contribution is -2.14. The summed E-state index contributed by atoms with van der Waals surface area (Å²) >= 11 is 0. The van der Waals surface area contributed by atoms with Crippen molar-refractivity contribution in [2.45, 2.75) is 33.2 Å². The lowest BCUT2D eigenvalue weighted by atomic mass is 10.2. The van der Waals surface area contributed by atoms with E-state index in [1.165, 1.54) is 5.52 Å². The minimum absolute atomic E-state index is 0.255. The Kier molecular flexibility index (Phi) is 4.98. The average molecular weight is 373 g/mol. The molecule has 142 valence electrons. The average Bonchev–Trinajstić information content (AvgIpc) is 3.33. The zero-order valence-electron chi connectivity index (χ0n) is 16.1. The van der Waals surface area contributed by atoms with Gasteiger partial charge in [0.25, 0.3) is 5.91 Å². The summed E-state index contributed by atoms with van der Waals surface area (Å²) in [5.74, 6) is 0.802. The van der Waals surface area contributed by atoms with Gasteiger partial charge in [0.15, 0.2) is 5.69 Å². The number of oxazole rings is 1. The summed E-state index contributed by atoms with van der Waals surface area (Å²) in [5, 5.41) is 4.06. The predicted octanol–water partition coefficient (Wildman–Crippen LogP) is 5.52. The molecule has 0 radical (unpaired) electrons. The van der Waals surface area contributed by atoms with Crippen molar-refractivity contribution in [3.05, 3.63) is 72.2 Å². The lowest BCUT2D eigenvalue weighted by molar-refractivity contribution is 0.102. The second kappa shape index (κ2) is 7.72. The number of rotatable bonds is 6. The molecule has 0 bridgehead atoms. The molecule has 1 amide bonds. The molecule has 28 heavy (non-hydrogen) atoms. The van der Waals surface area contributed by atoms with Gasteiger partial charge in [-0.3, -0.25) is 4.79 Å². The van der Waals surface area contributed by atoms with E-state index in [9.17, 15) is 4.79 Å². The maximum absolute atomic E-state index is 12.8. The van der Waals surface area contributed by atoms with Crippen LogP contribution in [0, 0.1) is 0 Å². The van der Waals surface area contributed by atoms with Gasteiger partial charge < -0.3 is 14.3 Å². The summed E-state index contributed by atoms with van der Waals surface area (Å²) in [6, 6.07) is 17.6. The molecule has 0 aliphatic carbocycles. The summed E-state index contributed by atoms with van der Waals surface area (Å²) in [7, 11) is 0. The Bertz CT molecular complexity index is 1110. The fourth-order valence-electron chi connectivity index (χ4n) is 3.38. The van der Waals surface area contributed by atoms with E-state index in [4.69, 9.17) is 4.42 Å². The van der Waals surface area contributed by atoms with Crippen LogP contribution in [0.25, 0.3) is 22.4 Å². The number of hydrogen-bond donors (Lipinski definition) is 1. The fourth-order valence-corrected chi connectivity index (χ4v) is 3.38. The number of benzene rings is 2. The van der Waals surface area contributed by atoms with Crippen LogP contribution in [-0.2, 0) is 13.0 Å². The van der Waals surface area contributed by atoms with Gasteiger partial charge in [-0.25, -0.2) is 4.98 Å². The molecule has 0 saturated heterocycles. The van der Waals surface area contributed by atoms with Gasteiger partial charge in [-0.05, 0) is 42.8 Å². The SMILES string of the molecule is CCCn1ccc2cc(NC(=O)c3nc(-c4ccccc4)oc3CC)ccc21. The summed E-state index contributed by atoms with van der Waals surface area (Å²) in [6.45, 7) is 5.10. The molecular weight excluding hydrogens is 350 g/mol. The van der Waals surface area contributed by atoms with Gasteiger partial charge in [0.1, 0.15) is 5.76 Å². The van der Waals surface area contributed by atoms with E-state index >= 15 is 0 Å². The number of nitrogens with zero attached hydrogens (tertiary/aromatic N) is 2. The van der Waals surface area contributed by atoms with Gasteiger partial charge in [-0.1, -0.05) is 32.0 Å². The number of carbonyl (C=O) groups excluding carboxylic acids is 1. The summed E-state index contributed by atoms with van der Waals surface area (Å²) in [4.78, 5) is 17.3. The van der Waals surface area contributed by atoms with Crippen molar-refractivity contribution in [2.24, 2.45) is 0 Å². The highest BCUT2D eigenvalue weighted by atomic mass is 16.4. The number of nitrogens with one attached hydrogen (secondary N) is 1. The molecule has 2 aromatic heterocycles. The van der Waals surface area contributed by atoms with E-state index in [2.05, 4.69) is 34.1 Å². The van der Waals surface area contributed by atoms with Crippen LogP contribution in [0.15, 0.2) is 65.2 Å². The van der Waals surface area contributed by atoms with Gasteiger partial charge in [0.05, 0.1) is 0 Å². The van der Waals surface area contributed by atoms with Crippen LogP contribution in [0.5, 0.6) is 0 Å². The Balaban J connectivity index is 1.60. The molecule has 1 N–H and O–H groups in total. The minimum atomic E-state index is -0.255. The fraction of sp³-hybridized carbons (Fsp3) is 0.217. The largest absolute Gasteiger partial charge is 0.440 e. The lowest BCUT2D eigenvalue weighted by Gasteiger charge is -2.06. The van der Waals surface area contributed by atoms with E-state index in [1.54, 1.807) is 0 Å². The number of aromatic nitrogens is 2. The zero-order valence-corrected chi connectivity index (χ0v) is 16.1. The van der Waals surface area contributed by atoms with E-state index in [-0.39, 0.29) is 5.91 Å². The van der Waals surface area contributed by atoms with Crippen molar-refractivity contribution >= 4 is 22.5 Å². The van der Waals surface area contributed by atoms with Crippen molar-refractivity contribution in [1.82, 2.24) is 9.55 Å². The highest BCUT2D eigenvalue weighted by Crippen LogP contribution is 2.25. The van der Waals surface area contributed by atoms with Crippen LogP contribution >= 0.6 is 0 Å². The third-order valence-electron chi connectivity index (χ3n) is 4.75. The van der Waals surface area contributed by atoms with E-state index in [1.807, 2.05) is 55.5 Å². The van der Waals surface area contributed by atoms with Crippen LogP contribution in [0.3, 0.4) is 0 Å². The number of amides is 1. The van der Waals surface area contributed by atoms with Gasteiger partial charge >= 0.3 is 0 Å². The highest BCUT2D eigenvalue weighted by molar-refractivity contribution is 6.04. The maximum Gasteiger partial charge on any atom is 0.277 e. The van der Waals surface area contributed by atoms with Crippen LogP contribution in [-0.4, -0.2) is 15.5 Å². The van der Waals surface area contributed by atoms with Crippen molar-refractivity contribution in [2.75, 3.05) is 5.32 Å². The first-order valence-electron chi connectivity index (χ1n) is 9.65. The van der Waals surface area contributed by atoms with Gasteiger partial charge in [0.2, 0.25) is 5.89 Å². The molecule has 0 spiro atoms. The monoisotopic (exact) mass is 373 g/mol. The number of anilines is 1. The first-order chi connectivity index (χ1) is 13.7. The summed E-state index contributed by atoms with van der Waals surface area (Å²) in [6.07, 6.45) is 3.76. The molecule has 0 saturated carbocycles. The highest BCUT2D eigenvalue weighted by Gasteiger charge is 2.20. The normalized spacial score (nSPS) is 11.1. The van der Waals surface area contributed by atoms with Crippen molar-refractivity contribution in [1.29, 1.82) is 0 Å². The Hall–Kier alpha value is -3.34. The summed E-state index contributed by atoms with van der Waals surface area (Å²) in [5.41, 5.74) is 3.11. The van der Waals surface area contributed by atoms with Crippen molar-refractivity contribution in [3.63, 3.8) is 0 Å². The molecule has 0 unspecified atom stereocenters. The van der Waals surface area contributed by atoms with Crippen molar-refractivity contribution < 1.29 is 9.21 Å².